The van der Waals surface area contributed by atoms with Crippen LogP contribution >= 0.6 is 11.6 Å². The van der Waals surface area contributed by atoms with E-state index in [1.54, 1.807) is 0 Å². The highest BCUT2D eigenvalue weighted by Gasteiger charge is 2.06. The van der Waals surface area contributed by atoms with Crippen molar-refractivity contribution >= 4 is 22.7 Å². The van der Waals surface area contributed by atoms with Gasteiger partial charge < -0.3 is 4.42 Å². The number of benzene rings is 1. The summed E-state index contributed by atoms with van der Waals surface area (Å²) in [4.78, 5) is 4.31. The Morgan fingerprint density at radius 1 is 1.46 bits per heavy atom. The Balaban J connectivity index is 2.67. The molecule has 2 rings (SSSR count). The Morgan fingerprint density at radius 3 is 3.00 bits per heavy atom. The lowest BCUT2D eigenvalue weighted by atomic mass is 10.2. The van der Waals surface area contributed by atoms with Gasteiger partial charge in [0.25, 0.3) is 0 Å². The summed E-state index contributed by atoms with van der Waals surface area (Å²) in [7, 11) is 0. The summed E-state index contributed by atoms with van der Waals surface area (Å²) in [6.07, 6.45) is 0.816. The Bertz CT molecular complexity index is 422. The van der Waals surface area contributed by atoms with Gasteiger partial charge in [0.2, 0.25) is 0 Å². The van der Waals surface area contributed by atoms with Gasteiger partial charge in [0.15, 0.2) is 11.5 Å². The lowest BCUT2D eigenvalue weighted by Gasteiger charge is -1.93. The van der Waals surface area contributed by atoms with Crippen LogP contribution in [0.25, 0.3) is 11.1 Å². The van der Waals surface area contributed by atoms with Crippen molar-refractivity contribution in [2.24, 2.45) is 0 Å². The lowest BCUT2D eigenvalue weighted by Crippen LogP contribution is -1.77. The fraction of sp³-hybridized carbons (Fsp3) is 0.300. The van der Waals surface area contributed by atoms with Gasteiger partial charge in [0.05, 0.1) is 5.88 Å². The molecule has 1 aromatic heterocycles. The van der Waals surface area contributed by atoms with Crippen LogP contribution in [0.4, 0.5) is 0 Å². The molecule has 68 valence electrons. The minimum absolute atomic E-state index is 0.468. The minimum Gasteiger partial charge on any atom is -0.440 e. The van der Waals surface area contributed by atoms with E-state index in [0.717, 1.165) is 29.0 Å². The molecule has 0 aliphatic rings. The van der Waals surface area contributed by atoms with E-state index in [-0.39, 0.29) is 0 Å². The number of nitrogens with zero attached hydrogens (tertiary/aromatic N) is 1. The monoisotopic (exact) mass is 195 g/mol. The van der Waals surface area contributed by atoms with Crippen molar-refractivity contribution in [2.45, 2.75) is 19.2 Å². The van der Waals surface area contributed by atoms with Crippen molar-refractivity contribution in [1.29, 1.82) is 0 Å². The fourth-order valence-corrected chi connectivity index (χ4v) is 1.52. The second-order valence-electron chi connectivity index (χ2n) is 2.86. The van der Waals surface area contributed by atoms with Crippen LogP contribution < -0.4 is 0 Å². The Hall–Kier alpha value is -1.02. The quantitative estimate of drug-likeness (QED) is 0.689. The highest BCUT2D eigenvalue weighted by atomic mass is 35.5. The Labute approximate surface area is 81.5 Å². The van der Waals surface area contributed by atoms with Crippen LogP contribution in [-0.2, 0) is 12.3 Å². The average Bonchev–Trinajstić information content (AvgIpc) is 2.59. The summed E-state index contributed by atoms with van der Waals surface area (Å²) in [5, 5.41) is 0. The summed E-state index contributed by atoms with van der Waals surface area (Å²) < 4.78 is 5.54. The molecule has 3 heteroatoms. The molecule has 0 saturated carbocycles. The molecule has 0 spiro atoms. The van der Waals surface area contributed by atoms with E-state index < -0.39 is 0 Å². The minimum atomic E-state index is 0.468. The highest BCUT2D eigenvalue weighted by Crippen LogP contribution is 2.21. The summed E-state index contributed by atoms with van der Waals surface area (Å²) >= 11 is 5.77. The molecule has 0 unspecified atom stereocenters. The van der Waals surface area contributed by atoms with Gasteiger partial charge in [-0.3, -0.25) is 0 Å². The van der Waals surface area contributed by atoms with Crippen molar-refractivity contribution in [3.63, 3.8) is 0 Å². The highest BCUT2D eigenvalue weighted by molar-refractivity contribution is 6.17. The van der Waals surface area contributed by atoms with Crippen molar-refractivity contribution in [3.05, 3.63) is 29.7 Å². The Morgan fingerprint density at radius 2 is 2.31 bits per heavy atom. The number of alkyl halides is 1. The largest absolute Gasteiger partial charge is 0.440 e. The molecule has 0 radical (unpaired) electrons. The van der Waals surface area contributed by atoms with Crippen molar-refractivity contribution in [1.82, 2.24) is 4.98 Å². The molecular weight excluding hydrogens is 186 g/mol. The number of aryl methyl sites for hydroxylation is 1. The van der Waals surface area contributed by atoms with Crippen LogP contribution in [-0.4, -0.2) is 4.98 Å². The second-order valence-corrected chi connectivity index (χ2v) is 3.13. The molecule has 0 saturated heterocycles. The number of para-hydroxylation sites is 1. The van der Waals surface area contributed by atoms with Gasteiger partial charge >= 0.3 is 0 Å². The number of hydrogen-bond donors (Lipinski definition) is 0. The molecule has 0 aliphatic heterocycles. The first kappa shape index (κ1) is 8.57. The predicted octanol–water partition coefficient (Wildman–Crippen LogP) is 3.13. The number of rotatable bonds is 2. The molecule has 0 amide bonds. The molecule has 0 bridgehead atoms. The van der Waals surface area contributed by atoms with Crippen LogP contribution in [0.1, 0.15) is 18.4 Å². The van der Waals surface area contributed by atoms with E-state index in [1.807, 2.05) is 25.1 Å². The molecule has 2 nitrogen and oxygen atoms in total. The molecule has 0 fully saturated rings. The topological polar surface area (TPSA) is 26.0 Å². The standard InChI is InChI=1S/C10H10ClNO/c1-2-9-12-8-5-3-4-7(6-11)10(8)13-9/h3-5H,2,6H2,1H3. The van der Waals surface area contributed by atoms with E-state index in [1.165, 1.54) is 0 Å². The van der Waals surface area contributed by atoms with Crippen LogP contribution in [0.15, 0.2) is 22.6 Å². The zero-order valence-electron chi connectivity index (χ0n) is 7.38. The fourth-order valence-electron chi connectivity index (χ4n) is 1.31. The van der Waals surface area contributed by atoms with Crippen LogP contribution in [0.5, 0.6) is 0 Å². The van der Waals surface area contributed by atoms with Gasteiger partial charge in [0.1, 0.15) is 5.52 Å². The van der Waals surface area contributed by atoms with Crippen molar-refractivity contribution < 1.29 is 4.42 Å². The summed E-state index contributed by atoms with van der Waals surface area (Å²) in [5.41, 5.74) is 2.73. The molecule has 0 N–H and O–H groups in total. The van der Waals surface area contributed by atoms with Gasteiger partial charge in [-0.2, -0.15) is 0 Å². The summed E-state index contributed by atoms with van der Waals surface area (Å²) in [5.74, 6) is 1.24. The van der Waals surface area contributed by atoms with Crippen LogP contribution in [0.2, 0.25) is 0 Å². The molecule has 13 heavy (non-hydrogen) atoms. The van der Waals surface area contributed by atoms with E-state index in [0.29, 0.717) is 5.88 Å². The number of oxazole rings is 1. The van der Waals surface area contributed by atoms with Gasteiger partial charge in [-0.05, 0) is 6.07 Å². The van der Waals surface area contributed by atoms with Crippen molar-refractivity contribution in [2.75, 3.05) is 0 Å². The maximum Gasteiger partial charge on any atom is 0.195 e. The van der Waals surface area contributed by atoms with Crippen LogP contribution in [0, 0.1) is 0 Å². The molecule has 0 aliphatic carbocycles. The maximum absolute atomic E-state index is 5.77. The number of hydrogen-bond acceptors (Lipinski definition) is 2. The molecule has 2 aromatic rings. The lowest BCUT2D eigenvalue weighted by molar-refractivity contribution is 0.536. The van der Waals surface area contributed by atoms with Gasteiger partial charge in [-0.25, -0.2) is 4.98 Å². The smallest absolute Gasteiger partial charge is 0.195 e. The van der Waals surface area contributed by atoms with E-state index in [2.05, 4.69) is 4.98 Å². The van der Waals surface area contributed by atoms with E-state index in [4.69, 9.17) is 16.0 Å². The SMILES string of the molecule is CCc1nc2cccc(CCl)c2o1. The third-order valence-corrected chi connectivity index (χ3v) is 2.28. The second kappa shape index (κ2) is 3.38. The average molecular weight is 196 g/mol. The van der Waals surface area contributed by atoms with E-state index >= 15 is 0 Å². The summed E-state index contributed by atoms with van der Waals surface area (Å²) in [6, 6.07) is 5.84. The molecule has 0 atom stereocenters. The maximum atomic E-state index is 5.77. The molecular formula is C10H10ClNO. The first-order chi connectivity index (χ1) is 6.35. The zero-order valence-corrected chi connectivity index (χ0v) is 8.14. The Kier molecular flexibility index (Phi) is 2.23. The number of halogens is 1. The van der Waals surface area contributed by atoms with Gasteiger partial charge in [0, 0.05) is 12.0 Å². The van der Waals surface area contributed by atoms with Crippen molar-refractivity contribution in [3.8, 4) is 0 Å². The first-order valence-corrected chi connectivity index (χ1v) is 4.82. The normalized spacial score (nSPS) is 10.9. The number of fused-ring (bicyclic) bond motifs is 1. The van der Waals surface area contributed by atoms with Gasteiger partial charge in [-0.1, -0.05) is 19.1 Å². The van der Waals surface area contributed by atoms with Gasteiger partial charge in [-0.15, -0.1) is 11.6 Å². The summed E-state index contributed by atoms with van der Waals surface area (Å²) in [6.45, 7) is 2.02. The van der Waals surface area contributed by atoms with Crippen LogP contribution in [0.3, 0.4) is 0 Å². The number of aromatic nitrogens is 1. The third kappa shape index (κ3) is 1.42. The predicted molar refractivity (Wildman–Crippen MR) is 52.9 cm³/mol. The first-order valence-electron chi connectivity index (χ1n) is 4.28. The van der Waals surface area contributed by atoms with E-state index in [9.17, 15) is 0 Å². The third-order valence-electron chi connectivity index (χ3n) is 1.99. The zero-order chi connectivity index (χ0) is 9.26. The molecule has 1 aromatic carbocycles. The molecule has 1 heterocycles.